The lowest BCUT2D eigenvalue weighted by atomic mass is 9.94. The predicted molar refractivity (Wildman–Crippen MR) is 95.0 cm³/mol. The molecule has 1 N–H and O–H groups in total. The number of hydrogen-bond donors (Lipinski definition) is 1. The SMILES string of the molecule is O=C(NN1CC(=O)N(C2CCCCC2)C1=O)c1nccc2ccccc12. The van der Waals surface area contributed by atoms with Crippen LogP contribution < -0.4 is 5.43 Å². The van der Waals surface area contributed by atoms with Crippen molar-refractivity contribution >= 4 is 28.6 Å². The summed E-state index contributed by atoms with van der Waals surface area (Å²) in [7, 11) is 0. The van der Waals surface area contributed by atoms with E-state index in [9.17, 15) is 14.4 Å². The lowest BCUT2D eigenvalue weighted by Crippen LogP contribution is -2.47. The van der Waals surface area contributed by atoms with Crippen molar-refractivity contribution in [2.24, 2.45) is 0 Å². The highest BCUT2D eigenvalue weighted by Crippen LogP contribution is 2.26. The normalized spacial score (nSPS) is 18.6. The molecule has 2 heterocycles. The molecule has 1 aliphatic carbocycles. The van der Waals surface area contributed by atoms with Crippen LogP contribution in [0.3, 0.4) is 0 Å². The monoisotopic (exact) mass is 352 g/mol. The zero-order chi connectivity index (χ0) is 18.1. The number of hydrogen-bond acceptors (Lipinski definition) is 4. The summed E-state index contributed by atoms with van der Waals surface area (Å²) in [5.74, 6) is -0.749. The number of benzene rings is 1. The van der Waals surface area contributed by atoms with Gasteiger partial charge in [-0.25, -0.2) is 9.80 Å². The van der Waals surface area contributed by atoms with Gasteiger partial charge in [0.15, 0.2) is 0 Å². The van der Waals surface area contributed by atoms with Crippen molar-refractivity contribution in [3.8, 4) is 0 Å². The average molecular weight is 352 g/mol. The summed E-state index contributed by atoms with van der Waals surface area (Å²) in [5, 5.41) is 2.69. The third-order valence-electron chi connectivity index (χ3n) is 5.06. The summed E-state index contributed by atoms with van der Waals surface area (Å²) in [6, 6.07) is 8.73. The molecule has 1 aromatic carbocycles. The second kappa shape index (κ2) is 6.74. The minimum Gasteiger partial charge on any atom is -0.272 e. The van der Waals surface area contributed by atoms with Crippen LogP contribution in [0.4, 0.5) is 4.79 Å². The highest BCUT2D eigenvalue weighted by molar-refractivity contribution is 6.07. The first kappa shape index (κ1) is 16.5. The van der Waals surface area contributed by atoms with E-state index in [1.54, 1.807) is 6.20 Å². The number of imide groups is 1. The first-order valence-electron chi connectivity index (χ1n) is 8.93. The summed E-state index contributed by atoms with van der Waals surface area (Å²) in [6.07, 6.45) is 6.42. The highest BCUT2D eigenvalue weighted by Gasteiger charge is 2.41. The summed E-state index contributed by atoms with van der Waals surface area (Å²) in [5.41, 5.74) is 2.79. The van der Waals surface area contributed by atoms with E-state index in [-0.39, 0.29) is 24.2 Å². The molecule has 26 heavy (non-hydrogen) atoms. The van der Waals surface area contributed by atoms with Gasteiger partial charge in [-0.15, -0.1) is 0 Å². The van der Waals surface area contributed by atoms with Crippen molar-refractivity contribution in [1.82, 2.24) is 20.3 Å². The van der Waals surface area contributed by atoms with Crippen LogP contribution in [0.15, 0.2) is 36.5 Å². The molecule has 134 valence electrons. The molecule has 0 unspecified atom stereocenters. The third-order valence-corrected chi connectivity index (χ3v) is 5.06. The van der Waals surface area contributed by atoms with Crippen LogP contribution in [0, 0.1) is 0 Å². The van der Waals surface area contributed by atoms with Gasteiger partial charge in [0.25, 0.3) is 11.8 Å². The lowest BCUT2D eigenvalue weighted by Gasteiger charge is -2.29. The molecule has 7 heteroatoms. The van der Waals surface area contributed by atoms with Crippen LogP contribution in [-0.4, -0.2) is 45.3 Å². The number of pyridine rings is 1. The quantitative estimate of drug-likeness (QED) is 0.860. The van der Waals surface area contributed by atoms with Crippen molar-refractivity contribution < 1.29 is 14.4 Å². The summed E-state index contributed by atoms with van der Waals surface area (Å²) in [4.78, 5) is 43.1. The second-order valence-electron chi connectivity index (χ2n) is 6.75. The Bertz CT molecular complexity index is 871. The van der Waals surface area contributed by atoms with Gasteiger partial charge in [0.2, 0.25) is 0 Å². The molecule has 0 radical (unpaired) electrons. The maximum atomic E-state index is 12.7. The number of fused-ring (bicyclic) bond motifs is 1. The Hall–Kier alpha value is -2.96. The minimum atomic E-state index is -0.492. The molecule has 0 atom stereocenters. The molecule has 4 amide bonds. The van der Waals surface area contributed by atoms with E-state index in [1.165, 1.54) is 4.90 Å². The van der Waals surface area contributed by atoms with Crippen molar-refractivity contribution in [3.05, 3.63) is 42.2 Å². The Morgan fingerprint density at radius 3 is 2.65 bits per heavy atom. The number of hydrazine groups is 1. The summed E-state index contributed by atoms with van der Waals surface area (Å²) < 4.78 is 0. The van der Waals surface area contributed by atoms with Crippen molar-refractivity contribution in [2.75, 3.05) is 6.54 Å². The molecule has 2 aromatic rings. The minimum absolute atomic E-state index is 0.0543. The Morgan fingerprint density at radius 1 is 1.08 bits per heavy atom. The van der Waals surface area contributed by atoms with Crippen molar-refractivity contribution in [2.45, 2.75) is 38.1 Å². The van der Waals surface area contributed by atoms with Crippen LogP contribution in [0.25, 0.3) is 10.8 Å². The average Bonchev–Trinajstić information content (AvgIpc) is 2.95. The number of rotatable bonds is 3. The summed E-state index contributed by atoms with van der Waals surface area (Å²) in [6.45, 7) is -0.133. The largest absolute Gasteiger partial charge is 0.346 e. The Balaban J connectivity index is 1.52. The highest BCUT2D eigenvalue weighted by atomic mass is 16.2. The molecule has 0 bridgehead atoms. The number of amides is 4. The fourth-order valence-corrected chi connectivity index (χ4v) is 3.78. The van der Waals surface area contributed by atoms with Gasteiger partial charge in [-0.3, -0.25) is 24.9 Å². The number of aromatic nitrogens is 1. The van der Waals surface area contributed by atoms with E-state index in [0.717, 1.165) is 42.5 Å². The van der Waals surface area contributed by atoms with Crippen LogP contribution in [0.2, 0.25) is 0 Å². The predicted octanol–water partition coefficient (Wildman–Crippen LogP) is 2.48. The van der Waals surface area contributed by atoms with E-state index in [4.69, 9.17) is 0 Å². The van der Waals surface area contributed by atoms with E-state index in [2.05, 4.69) is 10.4 Å². The number of nitrogens with zero attached hydrogens (tertiary/aromatic N) is 3. The molecule has 1 saturated carbocycles. The van der Waals surface area contributed by atoms with Gasteiger partial charge in [-0.05, 0) is 24.3 Å². The van der Waals surface area contributed by atoms with Gasteiger partial charge >= 0.3 is 6.03 Å². The van der Waals surface area contributed by atoms with Gasteiger partial charge in [0, 0.05) is 17.6 Å². The smallest absolute Gasteiger partial charge is 0.272 e. The number of carbonyl (C=O) groups is 3. The molecule has 2 aliphatic rings. The molecule has 1 aromatic heterocycles. The molecule has 2 fully saturated rings. The van der Waals surface area contributed by atoms with Gasteiger partial charge in [0.05, 0.1) is 0 Å². The lowest BCUT2D eigenvalue weighted by molar-refractivity contribution is -0.127. The molecular weight excluding hydrogens is 332 g/mol. The topological polar surface area (TPSA) is 82.6 Å². The fraction of sp³-hybridized carbons (Fsp3) is 0.368. The Kier molecular flexibility index (Phi) is 4.28. The van der Waals surface area contributed by atoms with E-state index in [1.807, 2.05) is 30.3 Å². The molecular formula is C19H20N4O3. The maximum absolute atomic E-state index is 12.7. The molecule has 0 spiro atoms. The Labute approximate surface area is 150 Å². The zero-order valence-corrected chi connectivity index (χ0v) is 14.4. The molecule has 4 rings (SSSR count). The second-order valence-corrected chi connectivity index (χ2v) is 6.75. The van der Waals surface area contributed by atoms with Gasteiger partial charge in [0.1, 0.15) is 12.2 Å². The Morgan fingerprint density at radius 2 is 1.85 bits per heavy atom. The first-order chi connectivity index (χ1) is 12.6. The van der Waals surface area contributed by atoms with Crippen molar-refractivity contribution in [3.63, 3.8) is 0 Å². The van der Waals surface area contributed by atoms with Crippen LogP contribution in [-0.2, 0) is 4.79 Å². The van der Waals surface area contributed by atoms with Crippen LogP contribution >= 0.6 is 0 Å². The van der Waals surface area contributed by atoms with Gasteiger partial charge < -0.3 is 0 Å². The summed E-state index contributed by atoms with van der Waals surface area (Å²) >= 11 is 0. The first-order valence-corrected chi connectivity index (χ1v) is 8.93. The standard InChI is InChI=1S/C19H20N4O3/c24-16-12-22(19(26)23(16)14-7-2-1-3-8-14)21-18(25)17-15-9-5-4-6-13(15)10-11-20-17/h4-6,9-11,14H,1-3,7-8,12H2,(H,21,25). The van der Waals surface area contributed by atoms with Crippen LogP contribution in [0.5, 0.6) is 0 Å². The van der Waals surface area contributed by atoms with Gasteiger partial charge in [-0.2, -0.15) is 0 Å². The zero-order valence-electron chi connectivity index (χ0n) is 14.4. The molecule has 7 nitrogen and oxygen atoms in total. The van der Waals surface area contributed by atoms with Crippen LogP contribution in [0.1, 0.15) is 42.6 Å². The third kappa shape index (κ3) is 2.89. The maximum Gasteiger partial charge on any atom is 0.346 e. The molecule has 1 aliphatic heterocycles. The fourth-order valence-electron chi connectivity index (χ4n) is 3.78. The van der Waals surface area contributed by atoms with Crippen molar-refractivity contribution in [1.29, 1.82) is 0 Å². The van der Waals surface area contributed by atoms with E-state index >= 15 is 0 Å². The van der Waals surface area contributed by atoms with E-state index < -0.39 is 11.9 Å². The molecule has 1 saturated heterocycles. The van der Waals surface area contributed by atoms with E-state index in [0.29, 0.717) is 5.39 Å². The number of nitrogens with one attached hydrogen (secondary N) is 1. The number of carbonyl (C=O) groups excluding carboxylic acids is 3. The van der Waals surface area contributed by atoms with Gasteiger partial charge in [-0.1, -0.05) is 43.5 Å². The number of urea groups is 1.